The van der Waals surface area contributed by atoms with E-state index in [2.05, 4.69) is 10.1 Å². The van der Waals surface area contributed by atoms with Crippen molar-refractivity contribution in [3.05, 3.63) is 65.9 Å². The predicted molar refractivity (Wildman–Crippen MR) is 129 cm³/mol. The summed E-state index contributed by atoms with van der Waals surface area (Å²) in [6.07, 6.45) is -2.30. The molecule has 2 aromatic carbocycles. The molecule has 2 aliphatic rings. The van der Waals surface area contributed by atoms with Crippen LogP contribution in [0.4, 0.5) is 13.2 Å². The number of aromatic nitrogens is 1. The molecule has 5 rings (SSSR count). The molecule has 186 valence electrons. The number of fused-ring (bicyclic) bond motifs is 1. The second kappa shape index (κ2) is 9.22. The third-order valence-electron chi connectivity index (χ3n) is 6.53. The van der Waals surface area contributed by atoms with Crippen molar-refractivity contribution in [2.75, 3.05) is 13.1 Å². The molecule has 1 atom stereocenters. The molecule has 0 unspecified atom stereocenters. The summed E-state index contributed by atoms with van der Waals surface area (Å²) < 4.78 is 44.6. The number of rotatable bonds is 6. The summed E-state index contributed by atoms with van der Waals surface area (Å²) >= 11 is 0. The summed E-state index contributed by atoms with van der Waals surface area (Å²) in [4.78, 5) is 12.8. The summed E-state index contributed by atoms with van der Waals surface area (Å²) in [7, 11) is 0. The van der Waals surface area contributed by atoms with Gasteiger partial charge in [0.25, 0.3) is 5.91 Å². The highest BCUT2D eigenvalue weighted by Crippen LogP contribution is 2.44. The van der Waals surface area contributed by atoms with Gasteiger partial charge in [-0.05, 0) is 60.7 Å². The number of nitrogens with one attached hydrogen (secondary N) is 1. The molecule has 1 amide bonds. The van der Waals surface area contributed by atoms with Crippen molar-refractivity contribution in [1.29, 1.82) is 0 Å². The van der Waals surface area contributed by atoms with Crippen LogP contribution in [0, 0.1) is 0 Å². The zero-order chi connectivity index (χ0) is 24.1. The largest absolute Gasteiger partial charge is 0.573 e. The summed E-state index contributed by atoms with van der Waals surface area (Å²) in [5, 5.41) is 2.89. The number of carbonyl (C=O) groups is 1. The van der Waals surface area contributed by atoms with E-state index in [1.807, 2.05) is 28.8 Å². The molecular weight excluding hydrogens is 481 g/mol. The van der Waals surface area contributed by atoms with Crippen molar-refractivity contribution in [2.24, 2.45) is 11.5 Å². The molecule has 1 aliphatic heterocycles. The van der Waals surface area contributed by atoms with E-state index in [4.69, 9.17) is 11.5 Å². The van der Waals surface area contributed by atoms with Crippen LogP contribution in [0.25, 0.3) is 22.4 Å². The maximum Gasteiger partial charge on any atom is 0.573 e. The van der Waals surface area contributed by atoms with Gasteiger partial charge in [0.2, 0.25) is 0 Å². The average molecular weight is 507 g/mol. The number of amides is 1. The van der Waals surface area contributed by atoms with Gasteiger partial charge in [0.05, 0.1) is 11.7 Å². The third-order valence-corrected chi connectivity index (χ3v) is 6.53. The molecule has 0 bridgehead atoms. The number of hydrogen-bond acceptors (Lipinski definition) is 4. The molecule has 2 heterocycles. The topological polar surface area (TPSA) is 95.3 Å². The molecule has 0 saturated heterocycles. The second-order valence-corrected chi connectivity index (χ2v) is 8.91. The highest BCUT2D eigenvalue weighted by Gasteiger charge is 2.40. The van der Waals surface area contributed by atoms with Crippen molar-refractivity contribution >= 4 is 18.3 Å². The van der Waals surface area contributed by atoms with Gasteiger partial charge in [-0.15, -0.1) is 25.6 Å². The van der Waals surface area contributed by atoms with Crippen molar-refractivity contribution in [2.45, 2.75) is 37.2 Å². The molecule has 3 aromatic rings. The third kappa shape index (κ3) is 4.89. The summed E-state index contributed by atoms with van der Waals surface area (Å²) in [6.45, 7) is 0.849. The van der Waals surface area contributed by atoms with Crippen LogP contribution in [0.2, 0.25) is 0 Å². The molecule has 1 aliphatic carbocycles. The molecule has 1 aromatic heterocycles. The van der Waals surface area contributed by atoms with Gasteiger partial charge in [-0.1, -0.05) is 36.4 Å². The van der Waals surface area contributed by atoms with Gasteiger partial charge in [0, 0.05) is 17.6 Å². The number of alkyl halides is 3. The first-order valence-corrected chi connectivity index (χ1v) is 11.2. The van der Waals surface area contributed by atoms with Crippen molar-refractivity contribution in [3.63, 3.8) is 0 Å². The van der Waals surface area contributed by atoms with Crippen molar-refractivity contribution < 1.29 is 22.7 Å². The number of carbonyl (C=O) groups excluding carboxylic acids is 1. The molecule has 1 saturated carbocycles. The number of halogens is 4. The van der Waals surface area contributed by atoms with Gasteiger partial charge in [-0.3, -0.25) is 4.79 Å². The Balaban J connectivity index is 0.00000289. The van der Waals surface area contributed by atoms with Gasteiger partial charge in [0.15, 0.2) is 0 Å². The van der Waals surface area contributed by atoms with E-state index in [0.29, 0.717) is 36.3 Å². The van der Waals surface area contributed by atoms with Crippen LogP contribution in [0.3, 0.4) is 0 Å². The van der Waals surface area contributed by atoms with Crippen molar-refractivity contribution in [3.8, 4) is 28.1 Å². The van der Waals surface area contributed by atoms with Crippen LogP contribution in [0.5, 0.6) is 5.75 Å². The number of ether oxygens (including phenoxy) is 1. The summed E-state index contributed by atoms with van der Waals surface area (Å²) in [6, 6.07) is 15.3. The monoisotopic (exact) mass is 506 g/mol. The Labute approximate surface area is 206 Å². The fourth-order valence-corrected chi connectivity index (χ4v) is 4.65. The summed E-state index contributed by atoms with van der Waals surface area (Å²) in [5.41, 5.74) is 16.1. The molecule has 0 spiro atoms. The van der Waals surface area contributed by atoms with Gasteiger partial charge in [-0.25, -0.2) is 0 Å². The fraction of sp³-hybridized carbons (Fsp3) is 0.320. The SMILES string of the molecule is Cl.NCC[C@H]1CNC(=O)c2cc(-c3cccc(OC(F)(F)F)c3)c(-c3ccc(C4(N)CC4)cc3)n21. The first-order valence-electron chi connectivity index (χ1n) is 11.2. The predicted octanol–water partition coefficient (Wildman–Crippen LogP) is 4.72. The van der Waals surface area contributed by atoms with Crippen molar-refractivity contribution in [1.82, 2.24) is 9.88 Å². The molecule has 1 fully saturated rings. The van der Waals surface area contributed by atoms with Gasteiger partial charge in [-0.2, -0.15) is 0 Å². The highest BCUT2D eigenvalue weighted by molar-refractivity contribution is 5.98. The molecule has 5 N–H and O–H groups in total. The zero-order valence-electron chi connectivity index (χ0n) is 18.8. The Morgan fingerprint density at radius 1 is 1.09 bits per heavy atom. The van der Waals surface area contributed by atoms with Gasteiger partial charge >= 0.3 is 6.36 Å². The van der Waals surface area contributed by atoms with E-state index >= 15 is 0 Å². The van der Waals surface area contributed by atoms with E-state index < -0.39 is 6.36 Å². The van der Waals surface area contributed by atoms with Gasteiger partial charge in [0.1, 0.15) is 11.4 Å². The lowest BCUT2D eigenvalue weighted by atomic mass is 9.98. The minimum absolute atomic E-state index is 0. The Kier molecular flexibility index (Phi) is 6.61. The van der Waals surface area contributed by atoms with Crippen LogP contribution >= 0.6 is 12.4 Å². The minimum Gasteiger partial charge on any atom is -0.406 e. The Morgan fingerprint density at radius 3 is 2.43 bits per heavy atom. The molecule has 0 radical (unpaired) electrons. The maximum absolute atomic E-state index is 12.8. The molecule has 6 nitrogen and oxygen atoms in total. The van der Waals surface area contributed by atoms with E-state index in [9.17, 15) is 18.0 Å². The minimum atomic E-state index is -4.80. The lowest BCUT2D eigenvalue weighted by Gasteiger charge is -2.28. The van der Waals surface area contributed by atoms with Crippen LogP contribution < -0.4 is 21.5 Å². The number of hydrogen-bond donors (Lipinski definition) is 3. The Morgan fingerprint density at radius 2 is 1.80 bits per heavy atom. The lowest BCUT2D eigenvalue weighted by Crippen LogP contribution is -2.39. The average Bonchev–Trinajstić information content (AvgIpc) is 3.41. The van der Waals surface area contributed by atoms with Crippen LogP contribution in [0.15, 0.2) is 54.6 Å². The van der Waals surface area contributed by atoms with Crippen LogP contribution in [-0.2, 0) is 5.54 Å². The number of benzene rings is 2. The van der Waals surface area contributed by atoms with Gasteiger partial charge < -0.3 is 26.1 Å². The van der Waals surface area contributed by atoms with Crippen LogP contribution in [0.1, 0.15) is 41.4 Å². The maximum atomic E-state index is 12.8. The zero-order valence-corrected chi connectivity index (χ0v) is 19.6. The molecular formula is C25H26ClF3N4O2. The Bertz CT molecular complexity index is 1240. The highest BCUT2D eigenvalue weighted by atomic mass is 35.5. The quantitative estimate of drug-likeness (QED) is 0.450. The number of nitrogens with zero attached hydrogens (tertiary/aromatic N) is 1. The van der Waals surface area contributed by atoms with E-state index in [-0.39, 0.29) is 35.6 Å². The second-order valence-electron chi connectivity index (χ2n) is 8.91. The standard InChI is InChI=1S/C25H25F3N4O2.ClH/c26-25(27,28)34-19-3-1-2-16(12-19)20-13-21-23(33)31-14-18(8-11-29)32(21)22(20)15-4-6-17(7-5-15)24(30)9-10-24;/h1-7,12-13,18H,8-11,14,29-30H2,(H,31,33);1H/t18-;/m0./s1. The normalized spacial score (nSPS) is 18.3. The molecule has 35 heavy (non-hydrogen) atoms. The Hall–Kier alpha value is -3.01. The smallest absolute Gasteiger partial charge is 0.406 e. The van der Waals surface area contributed by atoms with E-state index in [0.717, 1.165) is 29.7 Å². The molecule has 10 heteroatoms. The summed E-state index contributed by atoms with van der Waals surface area (Å²) in [5.74, 6) is -0.559. The van der Waals surface area contributed by atoms with Crippen LogP contribution in [-0.4, -0.2) is 29.9 Å². The lowest BCUT2D eigenvalue weighted by molar-refractivity contribution is -0.274. The van der Waals surface area contributed by atoms with E-state index in [1.165, 1.54) is 18.2 Å². The first-order chi connectivity index (χ1) is 16.2. The number of nitrogens with two attached hydrogens (primary N) is 2. The van der Waals surface area contributed by atoms with E-state index in [1.54, 1.807) is 12.1 Å². The fourth-order valence-electron chi connectivity index (χ4n) is 4.65. The first kappa shape index (κ1) is 25.1.